The Morgan fingerprint density at radius 1 is 1.56 bits per heavy atom. The largest absolute Gasteiger partial charge is 0.396 e. The summed E-state index contributed by atoms with van der Waals surface area (Å²) in [5.41, 5.74) is 7.30. The molecule has 0 heterocycles. The number of nitrogens with one attached hydrogen (secondary N) is 1. The molecule has 1 aromatic carbocycles. The maximum atomic E-state index is 11.4. The van der Waals surface area contributed by atoms with Crippen molar-refractivity contribution in [2.75, 3.05) is 11.9 Å². The van der Waals surface area contributed by atoms with Gasteiger partial charge in [0.05, 0.1) is 6.04 Å². The standard InChI is InChI=1S/C12H18N2O2/c1-9(13)12(16)14-11-6-2-4-10(8-11)5-3-7-15/h2,4,6,8-9,15H,3,5,7,13H2,1H3,(H,14,16). The van der Waals surface area contributed by atoms with Crippen molar-refractivity contribution in [3.05, 3.63) is 29.8 Å². The summed E-state index contributed by atoms with van der Waals surface area (Å²) < 4.78 is 0. The van der Waals surface area contributed by atoms with Crippen LogP contribution in [0.2, 0.25) is 0 Å². The Bertz CT molecular complexity index is 351. The Morgan fingerprint density at radius 2 is 2.31 bits per heavy atom. The van der Waals surface area contributed by atoms with E-state index in [1.165, 1.54) is 0 Å². The quantitative estimate of drug-likeness (QED) is 0.692. The normalized spacial score (nSPS) is 12.2. The van der Waals surface area contributed by atoms with Gasteiger partial charge in [-0.25, -0.2) is 0 Å². The number of amides is 1. The van der Waals surface area contributed by atoms with E-state index < -0.39 is 6.04 Å². The van der Waals surface area contributed by atoms with E-state index in [1.807, 2.05) is 24.3 Å². The van der Waals surface area contributed by atoms with Crippen molar-refractivity contribution in [2.24, 2.45) is 5.73 Å². The Kier molecular flexibility index (Phi) is 4.95. The molecule has 0 saturated heterocycles. The molecule has 1 rings (SSSR count). The third kappa shape index (κ3) is 4.00. The van der Waals surface area contributed by atoms with Crippen molar-refractivity contribution in [3.8, 4) is 0 Å². The van der Waals surface area contributed by atoms with E-state index in [0.29, 0.717) is 0 Å². The summed E-state index contributed by atoms with van der Waals surface area (Å²) in [5, 5.41) is 11.5. The molecule has 1 unspecified atom stereocenters. The van der Waals surface area contributed by atoms with Gasteiger partial charge in [-0.15, -0.1) is 0 Å². The number of rotatable bonds is 5. The highest BCUT2D eigenvalue weighted by atomic mass is 16.2. The monoisotopic (exact) mass is 222 g/mol. The highest BCUT2D eigenvalue weighted by Crippen LogP contribution is 2.12. The lowest BCUT2D eigenvalue weighted by Crippen LogP contribution is -2.32. The summed E-state index contributed by atoms with van der Waals surface area (Å²) in [4.78, 5) is 11.4. The zero-order valence-corrected chi connectivity index (χ0v) is 9.44. The maximum Gasteiger partial charge on any atom is 0.240 e. The van der Waals surface area contributed by atoms with Gasteiger partial charge in [0.2, 0.25) is 5.91 Å². The molecule has 0 aliphatic rings. The van der Waals surface area contributed by atoms with Crippen molar-refractivity contribution in [3.63, 3.8) is 0 Å². The van der Waals surface area contributed by atoms with Gasteiger partial charge in [-0.2, -0.15) is 0 Å². The van der Waals surface area contributed by atoms with Gasteiger partial charge in [0.1, 0.15) is 0 Å². The van der Waals surface area contributed by atoms with Crippen LogP contribution in [0.3, 0.4) is 0 Å². The van der Waals surface area contributed by atoms with E-state index in [-0.39, 0.29) is 12.5 Å². The second-order valence-corrected chi connectivity index (χ2v) is 3.81. The number of benzene rings is 1. The molecule has 4 heteroatoms. The minimum atomic E-state index is -0.513. The average Bonchev–Trinajstić information content (AvgIpc) is 2.26. The van der Waals surface area contributed by atoms with E-state index in [1.54, 1.807) is 6.92 Å². The number of aryl methyl sites for hydroxylation is 1. The Balaban J connectivity index is 2.63. The first-order valence-electron chi connectivity index (χ1n) is 5.39. The first kappa shape index (κ1) is 12.7. The average molecular weight is 222 g/mol. The van der Waals surface area contributed by atoms with Gasteiger partial charge in [0.25, 0.3) is 0 Å². The molecule has 1 atom stereocenters. The Hall–Kier alpha value is -1.39. The predicted octanol–water partition coefficient (Wildman–Crippen LogP) is 0.897. The topological polar surface area (TPSA) is 75.4 Å². The Labute approximate surface area is 95.5 Å². The molecule has 16 heavy (non-hydrogen) atoms. The Morgan fingerprint density at radius 3 is 2.94 bits per heavy atom. The zero-order chi connectivity index (χ0) is 12.0. The minimum absolute atomic E-state index is 0.177. The maximum absolute atomic E-state index is 11.4. The molecule has 4 nitrogen and oxygen atoms in total. The van der Waals surface area contributed by atoms with Crippen LogP contribution in [0.5, 0.6) is 0 Å². The minimum Gasteiger partial charge on any atom is -0.396 e. The summed E-state index contributed by atoms with van der Waals surface area (Å²) in [6.45, 7) is 1.82. The predicted molar refractivity (Wildman–Crippen MR) is 64.1 cm³/mol. The van der Waals surface area contributed by atoms with E-state index in [0.717, 1.165) is 24.1 Å². The lowest BCUT2D eigenvalue weighted by molar-refractivity contribution is -0.117. The summed E-state index contributed by atoms with van der Waals surface area (Å²) in [5.74, 6) is -0.195. The highest BCUT2D eigenvalue weighted by Gasteiger charge is 2.07. The van der Waals surface area contributed by atoms with Crippen molar-refractivity contribution in [2.45, 2.75) is 25.8 Å². The SMILES string of the molecule is CC(N)C(=O)Nc1cccc(CCCO)c1. The van der Waals surface area contributed by atoms with Gasteiger partial charge in [0.15, 0.2) is 0 Å². The number of hydrogen-bond donors (Lipinski definition) is 3. The second kappa shape index (κ2) is 6.25. The molecule has 0 radical (unpaired) electrons. The molecular weight excluding hydrogens is 204 g/mol. The summed E-state index contributed by atoms with van der Waals surface area (Å²) in [7, 11) is 0. The second-order valence-electron chi connectivity index (χ2n) is 3.81. The van der Waals surface area contributed by atoms with Crippen LogP contribution in [-0.2, 0) is 11.2 Å². The number of hydrogen-bond acceptors (Lipinski definition) is 3. The summed E-state index contributed by atoms with van der Waals surface area (Å²) >= 11 is 0. The molecule has 0 spiro atoms. The highest BCUT2D eigenvalue weighted by molar-refractivity contribution is 5.94. The van der Waals surface area contributed by atoms with E-state index in [2.05, 4.69) is 5.32 Å². The summed E-state index contributed by atoms with van der Waals surface area (Å²) in [6, 6.07) is 7.06. The molecule has 0 aliphatic heterocycles. The number of carbonyl (C=O) groups is 1. The van der Waals surface area contributed by atoms with Crippen LogP contribution < -0.4 is 11.1 Å². The smallest absolute Gasteiger partial charge is 0.240 e. The van der Waals surface area contributed by atoms with Gasteiger partial charge in [0, 0.05) is 12.3 Å². The first-order chi connectivity index (χ1) is 7.63. The van der Waals surface area contributed by atoms with Crippen LogP contribution in [0, 0.1) is 0 Å². The number of carbonyl (C=O) groups excluding carboxylic acids is 1. The number of aliphatic hydroxyl groups excluding tert-OH is 1. The zero-order valence-electron chi connectivity index (χ0n) is 9.44. The van der Waals surface area contributed by atoms with E-state index >= 15 is 0 Å². The lowest BCUT2D eigenvalue weighted by atomic mass is 10.1. The molecule has 1 amide bonds. The van der Waals surface area contributed by atoms with Crippen LogP contribution in [0.15, 0.2) is 24.3 Å². The van der Waals surface area contributed by atoms with Crippen molar-refractivity contribution >= 4 is 11.6 Å². The molecule has 1 aromatic rings. The van der Waals surface area contributed by atoms with E-state index in [9.17, 15) is 4.79 Å². The van der Waals surface area contributed by atoms with Gasteiger partial charge in [-0.1, -0.05) is 12.1 Å². The molecule has 0 fully saturated rings. The molecular formula is C12H18N2O2. The molecule has 0 aliphatic carbocycles. The molecule has 0 saturated carbocycles. The van der Waals surface area contributed by atoms with Crippen LogP contribution in [0.25, 0.3) is 0 Å². The fourth-order valence-corrected chi connectivity index (χ4v) is 1.34. The van der Waals surface area contributed by atoms with Crippen LogP contribution in [-0.4, -0.2) is 23.7 Å². The van der Waals surface area contributed by atoms with Crippen LogP contribution in [0.4, 0.5) is 5.69 Å². The lowest BCUT2D eigenvalue weighted by Gasteiger charge is -2.09. The fourth-order valence-electron chi connectivity index (χ4n) is 1.34. The van der Waals surface area contributed by atoms with Gasteiger partial charge in [-0.3, -0.25) is 4.79 Å². The van der Waals surface area contributed by atoms with Crippen molar-refractivity contribution < 1.29 is 9.90 Å². The van der Waals surface area contributed by atoms with Crippen molar-refractivity contribution in [1.82, 2.24) is 0 Å². The third-order valence-electron chi connectivity index (χ3n) is 2.23. The first-order valence-corrected chi connectivity index (χ1v) is 5.39. The van der Waals surface area contributed by atoms with Gasteiger partial charge >= 0.3 is 0 Å². The van der Waals surface area contributed by atoms with E-state index in [4.69, 9.17) is 10.8 Å². The van der Waals surface area contributed by atoms with Gasteiger partial charge < -0.3 is 16.2 Å². The third-order valence-corrected chi connectivity index (χ3v) is 2.23. The summed E-state index contributed by atoms with van der Waals surface area (Å²) in [6.07, 6.45) is 1.53. The molecule has 4 N–H and O–H groups in total. The molecule has 88 valence electrons. The number of nitrogens with two attached hydrogens (primary N) is 1. The van der Waals surface area contributed by atoms with Crippen molar-refractivity contribution in [1.29, 1.82) is 0 Å². The number of anilines is 1. The van der Waals surface area contributed by atoms with Crippen LogP contribution in [0.1, 0.15) is 18.9 Å². The molecule has 0 aromatic heterocycles. The fraction of sp³-hybridized carbons (Fsp3) is 0.417. The van der Waals surface area contributed by atoms with Gasteiger partial charge in [-0.05, 0) is 37.5 Å². The molecule has 0 bridgehead atoms. The van der Waals surface area contributed by atoms with Crippen LogP contribution >= 0.6 is 0 Å². The number of aliphatic hydroxyl groups is 1.